The summed E-state index contributed by atoms with van der Waals surface area (Å²) >= 11 is 6.76. The molecule has 7 heteroatoms. The summed E-state index contributed by atoms with van der Waals surface area (Å²) in [6.45, 7) is 2.19. The molecule has 1 saturated carbocycles. The van der Waals surface area contributed by atoms with Crippen molar-refractivity contribution in [3.63, 3.8) is 0 Å². The first-order chi connectivity index (χ1) is 15.5. The molecule has 1 aromatic carbocycles. The average molecular weight is 470 g/mol. The number of thiocarbonyl (C=S) groups is 1. The van der Waals surface area contributed by atoms with Gasteiger partial charge in [-0.25, -0.2) is 0 Å². The number of carboxylic acid groups (broad SMARTS) is 1. The van der Waals surface area contributed by atoms with Gasteiger partial charge < -0.3 is 9.52 Å². The highest BCUT2D eigenvalue weighted by Gasteiger charge is 2.39. The van der Waals surface area contributed by atoms with E-state index in [4.69, 9.17) is 16.6 Å². The van der Waals surface area contributed by atoms with Crippen LogP contribution in [0, 0.1) is 5.92 Å². The molecule has 1 aliphatic heterocycles. The van der Waals surface area contributed by atoms with Crippen molar-refractivity contribution < 1.29 is 19.1 Å². The van der Waals surface area contributed by atoms with Crippen LogP contribution in [0.5, 0.6) is 0 Å². The molecule has 5 nitrogen and oxygen atoms in total. The molecule has 4 rings (SSSR count). The molecule has 1 aromatic heterocycles. The summed E-state index contributed by atoms with van der Waals surface area (Å²) in [5.74, 6) is 0.198. The van der Waals surface area contributed by atoms with E-state index in [1.54, 1.807) is 11.0 Å². The van der Waals surface area contributed by atoms with Crippen molar-refractivity contribution in [3.8, 4) is 11.3 Å². The Balaban J connectivity index is 1.43. The lowest BCUT2D eigenvalue weighted by molar-refractivity contribution is -0.143. The molecule has 2 aliphatic rings. The van der Waals surface area contributed by atoms with E-state index >= 15 is 0 Å². The molecular weight excluding hydrogens is 442 g/mol. The standard InChI is InChI=1S/C25H27NO4S2/c1-2-3-4-16-5-7-17(8-6-16)21-14-13-20(30-21)15-22-23(27)26(25(31)32-22)19-11-9-18(10-12-19)24(28)29/h5-8,13-15,18-19H,2-4,9-12H2,1H3,(H,28,29). The van der Waals surface area contributed by atoms with Crippen molar-refractivity contribution in [2.45, 2.75) is 57.9 Å². The number of amides is 1. The van der Waals surface area contributed by atoms with E-state index in [-0.39, 0.29) is 17.9 Å². The van der Waals surface area contributed by atoms with Gasteiger partial charge in [-0.1, -0.05) is 61.6 Å². The first kappa shape index (κ1) is 22.8. The van der Waals surface area contributed by atoms with Crippen LogP contribution in [0.15, 0.2) is 45.7 Å². The maximum Gasteiger partial charge on any atom is 0.306 e. The third-order valence-corrected chi connectivity index (χ3v) is 7.52. The minimum absolute atomic E-state index is 0.0256. The zero-order chi connectivity index (χ0) is 22.7. The van der Waals surface area contributed by atoms with Crippen molar-refractivity contribution in [1.29, 1.82) is 0 Å². The largest absolute Gasteiger partial charge is 0.481 e. The van der Waals surface area contributed by atoms with Crippen LogP contribution < -0.4 is 0 Å². The summed E-state index contributed by atoms with van der Waals surface area (Å²) < 4.78 is 6.52. The predicted octanol–water partition coefficient (Wildman–Crippen LogP) is 6.13. The molecule has 0 unspecified atom stereocenters. The van der Waals surface area contributed by atoms with Crippen LogP contribution in [0.4, 0.5) is 0 Å². The van der Waals surface area contributed by atoms with E-state index in [0.717, 1.165) is 17.7 Å². The van der Waals surface area contributed by atoms with E-state index in [9.17, 15) is 14.7 Å². The number of carbonyl (C=O) groups is 2. The molecule has 0 radical (unpaired) electrons. The Labute approximate surface area is 197 Å². The fourth-order valence-corrected chi connectivity index (χ4v) is 5.69. The van der Waals surface area contributed by atoms with Crippen LogP contribution in [-0.2, 0) is 16.0 Å². The first-order valence-electron chi connectivity index (χ1n) is 11.1. The summed E-state index contributed by atoms with van der Waals surface area (Å²) in [6, 6.07) is 12.2. The molecule has 1 saturated heterocycles. The monoisotopic (exact) mass is 469 g/mol. The van der Waals surface area contributed by atoms with Crippen LogP contribution in [-0.4, -0.2) is 32.2 Å². The van der Waals surface area contributed by atoms with Crippen molar-refractivity contribution in [1.82, 2.24) is 4.90 Å². The van der Waals surface area contributed by atoms with Gasteiger partial charge in [0.25, 0.3) is 5.91 Å². The molecule has 0 atom stereocenters. The summed E-state index contributed by atoms with van der Waals surface area (Å²) in [5, 5.41) is 9.20. The molecule has 168 valence electrons. The summed E-state index contributed by atoms with van der Waals surface area (Å²) in [7, 11) is 0. The number of aliphatic carboxylic acids is 1. The Morgan fingerprint density at radius 1 is 1.19 bits per heavy atom. The van der Waals surface area contributed by atoms with E-state index in [2.05, 4.69) is 31.2 Å². The zero-order valence-corrected chi connectivity index (χ0v) is 19.7. The van der Waals surface area contributed by atoms with Crippen LogP contribution in [0.2, 0.25) is 0 Å². The quantitative estimate of drug-likeness (QED) is 0.388. The second kappa shape index (κ2) is 10.0. The fourth-order valence-electron chi connectivity index (χ4n) is 4.31. The Morgan fingerprint density at radius 3 is 2.56 bits per heavy atom. The second-order valence-electron chi connectivity index (χ2n) is 8.40. The van der Waals surface area contributed by atoms with Gasteiger partial charge in [-0.05, 0) is 56.2 Å². The number of benzene rings is 1. The van der Waals surface area contributed by atoms with Gasteiger partial charge in [0.15, 0.2) is 0 Å². The number of rotatable bonds is 7. The molecule has 32 heavy (non-hydrogen) atoms. The van der Waals surface area contributed by atoms with E-state index in [0.29, 0.717) is 40.7 Å². The third kappa shape index (κ3) is 4.99. The van der Waals surface area contributed by atoms with Gasteiger partial charge >= 0.3 is 5.97 Å². The van der Waals surface area contributed by atoms with Crippen molar-refractivity contribution in [3.05, 3.63) is 52.6 Å². The van der Waals surface area contributed by atoms with E-state index in [1.807, 2.05) is 12.1 Å². The summed E-state index contributed by atoms with van der Waals surface area (Å²) in [5.41, 5.74) is 2.33. The van der Waals surface area contributed by atoms with E-state index in [1.165, 1.54) is 30.2 Å². The van der Waals surface area contributed by atoms with Crippen LogP contribution in [0.3, 0.4) is 0 Å². The molecular formula is C25H27NO4S2. The Morgan fingerprint density at radius 2 is 1.91 bits per heavy atom. The average Bonchev–Trinajstić information content (AvgIpc) is 3.37. The highest BCUT2D eigenvalue weighted by molar-refractivity contribution is 8.26. The van der Waals surface area contributed by atoms with Gasteiger partial charge in [0.05, 0.1) is 10.8 Å². The highest BCUT2D eigenvalue weighted by Crippen LogP contribution is 2.38. The van der Waals surface area contributed by atoms with Crippen molar-refractivity contribution in [2.24, 2.45) is 5.92 Å². The normalized spacial score (nSPS) is 22.7. The molecule has 2 heterocycles. The Hall–Kier alpha value is -2.38. The van der Waals surface area contributed by atoms with Crippen LogP contribution >= 0.6 is 24.0 Å². The molecule has 1 N–H and O–H groups in total. The van der Waals surface area contributed by atoms with Crippen LogP contribution in [0.1, 0.15) is 56.8 Å². The highest BCUT2D eigenvalue weighted by atomic mass is 32.2. The third-order valence-electron chi connectivity index (χ3n) is 6.19. The molecule has 1 aliphatic carbocycles. The van der Waals surface area contributed by atoms with Crippen molar-refractivity contribution >= 4 is 46.3 Å². The first-order valence-corrected chi connectivity index (χ1v) is 12.4. The topological polar surface area (TPSA) is 70.8 Å². The number of unbranched alkanes of at least 4 members (excludes halogenated alkanes) is 1. The number of hydrogen-bond donors (Lipinski definition) is 1. The van der Waals surface area contributed by atoms with Gasteiger partial charge in [-0.3, -0.25) is 14.5 Å². The molecule has 0 bridgehead atoms. The number of carbonyl (C=O) groups excluding carboxylic acids is 1. The fraction of sp³-hybridized carbons (Fsp3) is 0.400. The Kier molecular flexibility index (Phi) is 7.16. The molecule has 0 spiro atoms. The van der Waals surface area contributed by atoms with Crippen LogP contribution in [0.25, 0.3) is 17.4 Å². The number of nitrogens with zero attached hydrogens (tertiary/aromatic N) is 1. The molecule has 2 aromatic rings. The lowest BCUT2D eigenvalue weighted by atomic mass is 9.85. The van der Waals surface area contributed by atoms with E-state index < -0.39 is 5.97 Å². The summed E-state index contributed by atoms with van der Waals surface area (Å²) in [4.78, 5) is 26.4. The van der Waals surface area contributed by atoms with Crippen molar-refractivity contribution in [2.75, 3.05) is 0 Å². The van der Waals surface area contributed by atoms with Gasteiger partial charge in [0, 0.05) is 17.7 Å². The van der Waals surface area contributed by atoms with Gasteiger partial charge in [-0.2, -0.15) is 0 Å². The minimum atomic E-state index is -0.752. The Bertz CT molecular complexity index is 1030. The summed E-state index contributed by atoms with van der Waals surface area (Å²) in [6.07, 6.45) is 7.68. The SMILES string of the molecule is CCCCc1ccc(-c2ccc(C=C3SC(=S)N(C4CCC(C(=O)O)CC4)C3=O)o2)cc1. The lowest BCUT2D eigenvalue weighted by Crippen LogP contribution is -2.41. The smallest absolute Gasteiger partial charge is 0.306 e. The van der Waals surface area contributed by atoms with Gasteiger partial charge in [-0.15, -0.1) is 0 Å². The maximum absolute atomic E-state index is 13.0. The zero-order valence-electron chi connectivity index (χ0n) is 18.1. The van der Waals surface area contributed by atoms with Gasteiger partial charge in [0.1, 0.15) is 15.8 Å². The molecule has 1 amide bonds. The number of carboxylic acids is 1. The van der Waals surface area contributed by atoms with Gasteiger partial charge in [0.2, 0.25) is 0 Å². The second-order valence-corrected chi connectivity index (χ2v) is 10.1. The maximum atomic E-state index is 13.0. The minimum Gasteiger partial charge on any atom is -0.481 e. The number of thioether (sulfide) groups is 1. The predicted molar refractivity (Wildman–Crippen MR) is 131 cm³/mol. The lowest BCUT2D eigenvalue weighted by Gasteiger charge is -2.32. The number of furan rings is 1. The molecule has 2 fully saturated rings. The number of aryl methyl sites for hydroxylation is 1. The number of hydrogen-bond acceptors (Lipinski definition) is 5.